The molecular weight excluding hydrogens is 474 g/mol. The first-order chi connectivity index (χ1) is 16.1. The second-order valence-corrected chi connectivity index (χ2v) is 11.6. The molecule has 34 heavy (non-hydrogen) atoms. The molecule has 0 bridgehead atoms. The number of nitrogens with zero attached hydrogens (tertiary/aromatic N) is 2. The van der Waals surface area contributed by atoms with Crippen LogP contribution in [0.5, 0.6) is 5.75 Å². The highest BCUT2D eigenvalue weighted by molar-refractivity contribution is 7.92. The number of sulfonamides is 2. The van der Waals surface area contributed by atoms with Crippen LogP contribution in [0.25, 0.3) is 0 Å². The Kier molecular flexibility index (Phi) is 6.37. The first kappa shape index (κ1) is 23.8. The third kappa shape index (κ3) is 5.07. The fourth-order valence-corrected chi connectivity index (χ4v) is 5.72. The van der Waals surface area contributed by atoms with Crippen molar-refractivity contribution in [3.05, 3.63) is 89.5 Å². The summed E-state index contributed by atoms with van der Waals surface area (Å²) >= 11 is 0. The van der Waals surface area contributed by atoms with E-state index in [1.165, 1.54) is 0 Å². The van der Waals surface area contributed by atoms with Crippen LogP contribution in [0.2, 0.25) is 0 Å². The van der Waals surface area contributed by atoms with E-state index in [0.29, 0.717) is 29.1 Å². The van der Waals surface area contributed by atoms with Crippen molar-refractivity contribution in [3.63, 3.8) is 0 Å². The lowest BCUT2D eigenvalue weighted by Gasteiger charge is -2.23. The van der Waals surface area contributed by atoms with Crippen molar-refractivity contribution in [2.24, 2.45) is 5.10 Å². The largest absolute Gasteiger partial charge is 0.497 e. The van der Waals surface area contributed by atoms with Gasteiger partial charge in [-0.15, -0.1) is 0 Å². The topological polar surface area (TPSA) is 105 Å². The summed E-state index contributed by atoms with van der Waals surface area (Å²) in [6.45, 7) is 1.89. The minimum absolute atomic E-state index is 0.161. The molecule has 0 spiro atoms. The second-order valence-electron chi connectivity index (χ2n) is 8.08. The van der Waals surface area contributed by atoms with Crippen molar-refractivity contribution in [1.82, 2.24) is 4.41 Å². The Bertz CT molecular complexity index is 1420. The van der Waals surface area contributed by atoms with Crippen LogP contribution < -0.4 is 9.46 Å². The molecule has 0 radical (unpaired) electrons. The summed E-state index contributed by atoms with van der Waals surface area (Å²) in [5.41, 5.74) is 3.45. The maximum absolute atomic E-state index is 13.6. The highest BCUT2D eigenvalue weighted by Gasteiger charge is 2.37. The Morgan fingerprint density at radius 1 is 0.912 bits per heavy atom. The molecule has 1 unspecified atom stereocenters. The van der Waals surface area contributed by atoms with E-state index >= 15 is 0 Å². The maximum atomic E-state index is 13.6. The standard InChI is InChI=1S/C24H25N3O5S2/c1-17-4-14-22(15-5-17)34(30,31)27-24(19-8-12-21(32-2)13-9-19)16-23(25-27)18-6-10-20(11-7-18)26-33(3,28)29/h4-15,24,26H,16H2,1-3H3. The molecule has 1 aliphatic heterocycles. The normalized spacial score (nSPS) is 16.3. The van der Waals surface area contributed by atoms with Gasteiger partial charge in [0.15, 0.2) is 0 Å². The molecule has 1 aliphatic rings. The van der Waals surface area contributed by atoms with Crippen molar-refractivity contribution in [1.29, 1.82) is 0 Å². The monoisotopic (exact) mass is 499 g/mol. The fourth-order valence-electron chi connectivity index (χ4n) is 3.72. The average molecular weight is 500 g/mol. The molecule has 8 nitrogen and oxygen atoms in total. The molecule has 0 fully saturated rings. The first-order valence-electron chi connectivity index (χ1n) is 10.5. The molecule has 0 aliphatic carbocycles. The van der Waals surface area contributed by atoms with Gasteiger partial charge in [-0.3, -0.25) is 4.72 Å². The number of benzene rings is 3. The number of aryl methyl sites for hydroxylation is 1. The van der Waals surface area contributed by atoms with E-state index in [9.17, 15) is 16.8 Å². The van der Waals surface area contributed by atoms with Crippen LogP contribution in [0.15, 0.2) is 82.8 Å². The van der Waals surface area contributed by atoms with Crippen molar-refractivity contribution < 1.29 is 21.6 Å². The van der Waals surface area contributed by atoms with Gasteiger partial charge >= 0.3 is 0 Å². The maximum Gasteiger partial charge on any atom is 0.279 e. The fraction of sp³-hybridized carbons (Fsp3) is 0.208. The summed E-state index contributed by atoms with van der Waals surface area (Å²) in [5, 5.41) is 4.53. The lowest BCUT2D eigenvalue weighted by atomic mass is 9.99. The van der Waals surface area contributed by atoms with E-state index in [-0.39, 0.29) is 4.90 Å². The van der Waals surface area contributed by atoms with Gasteiger partial charge in [0.2, 0.25) is 10.0 Å². The van der Waals surface area contributed by atoms with Crippen LogP contribution in [-0.2, 0) is 20.0 Å². The summed E-state index contributed by atoms with van der Waals surface area (Å²) in [5.74, 6) is 0.671. The van der Waals surface area contributed by atoms with Crippen molar-refractivity contribution in [3.8, 4) is 5.75 Å². The van der Waals surface area contributed by atoms with Crippen LogP contribution in [0.4, 0.5) is 5.69 Å². The second kappa shape index (κ2) is 9.11. The van der Waals surface area contributed by atoms with Crippen molar-refractivity contribution >= 4 is 31.4 Å². The average Bonchev–Trinajstić information content (AvgIpc) is 3.25. The van der Waals surface area contributed by atoms with E-state index < -0.39 is 26.1 Å². The molecule has 1 N–H and O–H groups in total. The molecule has 0 saturated carbocycles. The number of hydrazone groups is 1. The third-order valence-electron chi connectivity index (χ3n) is 5.46. The Morgan fingerprint density at radius 2 is 1.53 bits per heavy atom. The van der Waals surface area contributed by atoms with Gasteiger partial charge in [-0.05, 0) is 54.4 Å². The van der Waals surface area contributed by atoms with Gasteiger partial charge in [-0.1, -0.05) is 42.0 Å². The summed E-state index contributed by atoms with van der Waals surface area (Å²) in [7, 11) is -5.75. The first-order valence-corrected chi connectivity index (χ1v) is 13.8. The van der Waals surface area contributed by atoms with Crippen LogP contribution in [0.3, 0.4) is 0 Å². The Hall–Kier alpha value is -3.37. The highest BCUT2D eigenvalue weighted by atomic mass is 32.2. The van der Waals surface area contributed by atoms with Crippen molar-refractivity contribution in [2.45, 2.75) is 24.3 Å². The Labute approximate surface area is 200 Å². The lowest BCUT2D eigenvalue weighted by molar-refractivity contribution is 0.370. The Balaban J connectivity index is 1.73. The number of rotatable bonds is 7. The number of hydrogen-bond donors (Lipinski definition) is 1. The molecule has 10 heteroatoms. The molecule has 1 heterocycles. The summed E-state index contributed by atoms with van der Waals surface area (Å²) in [6.07, 6.45) is 1.44. The van der Waals surface area contributed by atoms with Crippen LogP contribution in [0.1, 0.15) is 29.2 Å². The number of ether oxygens (including phenoxy) is 1. The van der Waals surface area contributed by atoms with Gasteiger partial charge in [-0.2, -0.15) is 17.9 Å². The van der Waals surface area contributed by atoms with Gasteiger partial charge < -0.3 is 4.74 Å². The third-order valence-corrected chi connectivity index (χ3v) is 7.76. The minimum Gasteiger partial charge on any atom is -0.497 e. The number of methoxy groups -OCH3 is 1. The molecule has 0 amide bonds. The number of hydrogen-bond acceptors (Lipinski definition) is 6. The van der Waals surface area contributed by atoms with Crippen LogP contribution in [-0.4, -0.2) is 40.3 Å². The van der Waals surface area contributed by atoms with Crippen LogP contribution in [0, 0.1) is 6.92 Å². The Morgan fingerprint density at radius 3 is 2.09 bits per heavy atom. The van der Waals surface area contributed by atoms with E-state index in [1.807, 2.05) is 19.1 Å². The molecular formula is C24H25N3O5S2. The zero-order chi connectivity index (χ0) is 24.5. The lowest BCUT2D eigenvalue weighted by Crippen LogP contribution is -2.27. The molecule has 3 aromatic rings. The molecule has 178 valence electrons. The zero-order valence-corrected chi connectivity index (χ0v) is 20.6. The van der Waals surface area contributed by atoms with E-state index in [0.717, 1.165) is 21.8 Å². The van der Waals surface area contributed by atoms with Crippen LogP contribution >= 0.6 is 0 Å². The van der Waals surface area contributed by atoms with Gasteiger partial charge in [0.1, 0.15) is 5.75 Å². The van der Waals surface area contributed by atoms with Gasteiger partial charge in [0, 0.05) is 12.1 Å². The summed E-state index contributed by atoms with van der Waals surface area (Å²) in [6, 6.07) is 20.1. The summed E-state index contributed by atoms with van der Waals surface area (Å²) < 4.78 is 58.9. The minimum atomic E-state index is -3.92. The number of anilines is 1. The predicted molar refractivity (Wildman–Crippen MR) is 132 cm³/mol. The van der Waals surface area contributed by atoms with E-state index in [4.69, 9.17) is 4.74 Å². The van der Waals surface area contributed by atoms with Gasteiger partial charge in [-0.25, -0.2) is 8.42 Å². The quantitative estimate of drug-likeness (QED) is 0.531. The van der Waals surface area contributed by atoms with E-state index in [1.54, 1.807) is 67.8 Å². The summed E-state index contributed by atoms with van der Waals surface area (Å²) in [4.78, 5) is 0.161. The molecule has 3 aromatic carbocycles. The molecule has 0 saturated heterocycles. The predicted octanol–water partition coefficient (Wildman–Crippen LogP) is 3.92. The van der Waals surface area contributed by atoms with Crippen molar-refractivity contribution in [2.75, 3.05) is 18.1 Å². The molecule has 4 rings (SSSR count). The highest BCUT2D eigenvalue weighted by Crippen LogP contribution is 2.37. The number of nitrogens with one attached hydrogen (secondary N) is 1. The SMILES string of the molecule is COc1ccc(C2CC(c3ccc(NS(C)(=O)=O)cc3)=NN2S(=O)(=O)c2ccc(C)cc2)cc1. The van der Waals surface area contributed by atoms with E-state index in [2.05, 4.69) is 9.82 Å². The molecule has 0 aromatic heterocycles. The smallest absolute Gasteiger partial charge is 0.279 e. The van der Waals surface area contributed by atoms with Gasteiger partial charge in [0.25, 0.3) is 10.0 Å². The molecule has 1 atom stereocenters. The zero-order valence-electron chi connectivity index (χ0n) is 19.0. The van der Waals surface area contributed by atoms with Gasteiger partial charge in [0.05, 0.1) is 30.0 Å².